The van der Waals surface area contributed by atoms with Gasteiger partial charge >= 0.3 is 12.1 Å². The highest BCUT2D eigenvalue weighted by molar-refractivity contribution is 5.80. The van der Waals surface area contributed by atoms with Gasteiger partial charge in [0.15, 0.2) is 0 Å². The van der Waals surface area contributed by atoms with Crippen molar-refractivity contribution in [2.24, 2.45) is 17.8 Å². The molecule has 33 heavy (non-hydrogen) atoms. The molecule has 2 N–H and O–H groups in total. The number of hydrogen-bond acceptors (Lipinski definition) is 4. The predicted octanol–water partition coefficient (Wildman–Crippen LogP) is 3.73. The summed E-state index contributed by atoms with van der Waals surface area (Å²) in [5.41, 5.74) is 4.63. The lowest BCUT2D eigenvalue weighted by Crippen LogP contribution is -2.40. The number of carboxylic acid groups (broad SMARTS) is 1. The fourth-order valence-corrected chi connectivity index (χ4v) is 4.99. The minimum Gasteiger partial charge on any atom is -0.481 e. The van der Waals surface area contributed by atoms with E-state index in [-0.39, 0.29) is 43.2 Å². The van der Waals surface area contributed by atoms with E-state index in [4.69, 9.17) is 9.84 Å². The van der Waals surface area contributed by atoms with Crippen molar-refractivity contribution in [3.8, 4) is 11.1 Å². The van der Waals surface area contributed by atoms with Crippen LogP contribution in [0.4, 0.5) is 4.79 Å². The number of carboxylic acids is 1. The maximum Gasteiger partial charge on any atom is 0.407 e. The lowest BCUT2D eigenvalue weighted by Gasteiger charge is -2.21. The van der Waals surface area contributed by atoms with E-state index in [1.807, 2.05) is 31.2 Å². The minimum absolute atomic E-state index is 0.0144. The predicted molar refractivity (Wildman–Crippen MR) is 124 cm³/mol. The van der Waals surface area contributed by atoms with Crippen molar-refractivity contribution in [1.82, 2.24) is 10.2 Å². The Morgan fingerprint density at radius 1 is 1.06 bits per heavy atom. The van der Waals surface area contributed by atoms with E-state index in [9.17, 15) is 14.4 Å². The summed E-state index contributed by atoms with van der Waals surface area (Å²) in [5, 5.41) is 11.8. The summed E-state index contributed by atoms with van der Waals surface area (Å²) in [6.07, 6.45) is -0.479. The first kappa shape index (κ1) is 22.8. The molecule has 1 heterocycles. The van der Waals surface area contributed by atoms with Crippen LogP contribution in [-0.2, 0) is 14.3 Å². The van der Waals surface area contributed by atoms with Crippen molar-refractivity contribution in [2.45, 2.75) is 26.2 Å². The first-order valence-corrected chi connectivity index (χ1v) is 11.4. The molecule has 0 radical (unpaired) electrons. The summed E-state index contributed by atoms with van der Waals surface area (Å²) >= 11 is 0. The quantitative estimate of drug-likeness (QED) is 0.670. The molecule has 3 unspecified atom stereocenters. The number of fused-ring (bicyclic) bond motifs is 3. The van der Waals surface area contributed by atoms with Crippen molar-refractivity contribution in [3.63, 3.8) is 0 Å². The second-order valence-electron chi connectivity index (χ2n) is 9.19. The molecule has 2 aromatic rings. The Labute approximate surface area is 193 Å². The summed E-state index contributed by atoms with van der Waals surface area (Å²) in [6.45, 7) is 5.13. The van der Waals surface area contributed by atoms with E-state index in [1.165, 1.54) is 11.1 Å². The average molecular weight is 451 g/mol. The largest absolute Gasteiger partial charge is 0.481 e. The van der Waals surface area contributed by atoms with Crippen LogP contribution in [0.25, 0.3) is 11.1 Å². The Balaban J connectivity index is 1.28. The minimum atomic E-state index is -0.842. The molecule has 4 rings (SSSR count). The number of carbonyl (C=O) groups is 3. The number of ether oxygens (including phenoxy) is 1. The number of carbonyl (C=O) groups excluding carboxylic acids is 2. The molecule has 7 nitrogen and oxygen atoms in total. The van der Waals surface area contributed by atoms with Gasteiger partial charge in [-0.1, -0.05) is 62.4 Å². The number of nitrogens with one attached hydrogen (secondary N) is 1. The third kappa shape index (κ3) is 4.87. The van der Waals surface area contributed by atoms with Crippen LogP contribution >= 0.6 is 0 Å². The first-order chi connectivity index (χ1) is 15.8. The lowest BCUT2D eigenvalue weighted by molar-refractivity contribution is -0.139. The molecule has 7 heteroatoms. The third-order valence-corrected chi connectivity index (χ3v) is 6.83. The number of benzene rings is 2. The smallest absolute Gasteiger partial charge is 0.407 e. The van der Waals surface area contributed by atoms with Gasteiger partial charge in [-0.2, -0.15) is 0 Å². The Morgan fingerprint density at radius 3 is 2.27 bits per heavy atom. The van der Waals surface area contributed by atoms with Crippen LogP contribution in [0.5, 0.6) is 0 Å². The Morgan fingerprint density at radius 2 is 1.67 bits per heavy atom. The Bertz CT molecular complexity index is 1010. The van der Waals surface area contributed by atoms with Gasteiger partial charge in [-0.3, -0.25) is 9.59 Å². The number of amides is 2. The van der Waals surface area contributed by atoms with Gasteiger partial charge in [0.1, 0.15) is 6.61 Å². The maximum atomic E-state index is 12.8. The number of nitrogens with zero attached hydrogens (tertiary/aromatic N) is 1. The standard InChI is InChI=1S/C26H30N2O5/c1-16(25(31)28-13-17(2)18(14-28)11-24(29)30)12-27-26(32)33-15-23-21-9-5-3-7-19(21)20-8-4-6-10-22(20)23/h3-10,16-18,23H,11-15H2,1-2H3,(H,27,32)(H,29,30). The lowest BCUT2D eigenvalue weighted by atomic mass is 9.95. The molecule has 3 atom stereocenters. The fourth-order valence-electron chi connectivity index (χ4n) is 4.99. The van der Waals surface area contributed by atoms with Crippen LogP contribution in [0.15, 0.2) is 48.5 Å². The first-order valence-electron chi connectivity index (χ1n) is 11.4. The van der Waals surface area contributed by atoms with E-state index in [1.54, 1.807) is 11.8 Å². The molecule has 2 aromatic carbocycles. The summed E-state index contributed by atoms with van der Waals surface area (Å²) in [7, 11) is 0. The topological polar surface area (TPSA) is 95.9 Å². The number of rotatable bonds is 7. The van der Waals surface area contributed by atoms with E-state index in [2.05, 4.69) is 29.6 Å². The molecular weight excluding hydrogens is 420 g/mol. The van der Waals surface area contributed by atoms with Gasteiger partial charge in [0.05, 0.1) is 12.3 Å². The monoisotopic (exact) mass is 450 g/mol. The second kappa shape index (κ2) is 9.65. The molecule has 2 amide bonds. The van der Waals surface area contributed by atoms with Crippen molar-refractivity contribution in [2.75, 3.05) is 26.2 Å². The second-order valence-corrected chi connectivity index (χ2v) is 9.19. The summed E-state index contributed by atoms with van der Waals surface area (Å²) < 4.78 is 5.53. The average Bonchev–Trinajstić information content (AvgIpc) is 3.32. The van der Waals surface area contributed by atoms with Gasteiger partial charge in [0.25, 0.3) is 0 Å². The number of hydrogen-bond donors (Lipinski definition) is 2. The zero-order chi connectivity index (χ0) is 23.5. The van der Waals surface area contributed by atoms with Gasteiger partial charge in [-0.25, -0.2) is 4.79 Å². The number of alkyl carbamates (subject to hydrolysis) is 1. The molecular formula is C26H30N2O5. The molecule has 1 aliphatic carbocycles. The van der Waals surface area contributed by atoms with Crippen molar-refractivity contribution in [1.29, 1.82) is 0 Å². The highest BCUT2D eigenvalue weighted by Gasteiger charge is 2.35. The van der Waals surface area contributed by atoms with Gasteiger partial charge in [0, 0.05) is 25.6 Å². The van der Waals surface area contributed by atoms with Crippen LogP contribution in [-0.4, -0.2) is 54.2 Å². The molecule has 1 fully saturated rings. The van der Waals surface area contributed by atoms with Crippen LogP contribution in [0.1, 0.15) is 37.3 Å². The molecule has 1 aliphatic heterocycles. The molecule has 0 spiro atoms. The highest BCUT2D eigenvalue weighted by Crippen LogP contribution is 2.44. The van der Waals surface area contributed by atoms with E-state index >= 15 is 0 Å². The number of likely N-dealkylation sites (tertiary alicyclic amines) is 1. The number of aliphatic carboxylic acids is 1. The maximum absolute atomic E-state index is 12.8. The zero-order valence-electron chi connectivity index (χ0n) is 19.0. The molecule has 174 valence electrons. The van der Waals surface area contributed by atoms with Crippen LogP contribution in [0, 0.1) is 17.8 Å². The van der Waals surface area contributed by atoms with Crippen LogP contribution in [0.2, 0.25) is 0 Å². The Hall–Kier alpha value is -3.35. The van der Waals surface area contributed by atoms with E-state index in [0.29, 0.717) is 13.1 Å². The molecule has 1 saturated heterocycles. The Kier molecular flexibility index (Phi) is 6.67. The van der Waals surface area contributed by atoms with E-state index in [0.717, 1.165) is 11.1 Å². The van der Waals surface area contributed by atoms with E-state index < -0.39 is 18.0 Å². The molecule has 0 saturated carbocycles. The zero-order valence-corrected chi connectivity index (χ0v) is 19.0. The van der Waals surface area contributed by atoms with Crippen molar-refractivity contribution >= 4 is 18.0 Å². The summed E-state index contributed by atoms with van der Waals surface area (Å²) in [6, 6.07) is 16.3. The van der Waals surface area contributed by atoms with Gasteiger partial charge in [-0.15, -0.1) is 0 Å². The fraction of sp³-hybridized carbons (Fsp3) is 0.423. The molecule has 2 aliphatic rings. The normalized spacial score (nSPS) is 20.1. The molecule has 0 bridgehead atoms. The SMILES string of the molecule is CC(CNC(=O)OCC1c2ccccc2-c2ccccc21)C(=O)N1CC(C)C(CC(=O)O)C1. The molecule has 0 aromatic heterocycles. The van der Waals surface area contributed by atoms with Crippen LogP contribution in [0.3, 0.4) is 0 Å². The van der Waals surface area contributed by atoms with Crippen LogP contribution < -0.4 is 5.32 Å². The highest BCUT2D eigenvalue weighted by atomic mass is 16.5. The van der Waals surface area contributed by atoms with Gasteiger partial charge < -0.3 is 20.1 Å². The third-order valence-electron chi connectivity index (χ3n) is 6.83. The summed E-state index contributed by atoms with van der Waals surface area (Å²) in [4.78, 5) is 37.9. The van der Waals surface area contributed by atoms with Crippen molar-refractivity contribution in [3.05, 3.63) is 59.7 Å². The van der Waals surface area contributed by atoms with Gasteiger partial charge in [-0.05, 0) is 34.1 Å². The van der Waals surface area contributed by atoms with Gasteiger partial charge in [0.2, 0.25) is 5.91 Å². The summed E-state index contributed by atoms with van der Waals surface area (Å²) in [5.74, 6) is -1.23. The van der Waals surface area contributed by atoms with Crippen molar-refractivity contribution < 1.29 is 24.2 Å².